The lowest BCUT2D eigenvalue weighted by atomic mass is 9.98. The van der Waals surface area contributed by atoms with Crippen LogP contribution in [0.5, 0.6) is 0 Å². The van der Waals surface area contributed by atoms with Crippen LogP contribution in [0.3, 0.4) is 0 Å². The minimum atomic E-state index is -2.81. The van der Waals surface area contributed by atoms with E-state index >= 15 is 0 Å². The van der Waals surface area contributed by atoms with E-state index in [0.717, 1.165) is 38.5 Å². The Morgan fingerprint density at radius 1 is 0.683 bits per heavy atom. The highest BCUT2D eigenvalue weighted by atomic mass is 28.4. The number of aliphatic hydroxyl groups is 1. The molecule has 0 saturated carbocycles. The average Bonchev–Trinajstić information content (AvgIpc) is 2.96. The number of hydrogen-bond acceptors (Lipinski definition) is 6. The molecule has 41 heavy (non-hydrogen) atoms. The number of rotatable bonds is 17. The average molecular weight is 587 g/mol. The summed E-state index contributed by atoms with van der Waals surface area (Å²) in [4.78, 5) is 0. The number of benzene rings is 2. The van der Waals surface area contributed by atoms with Crippen LogP contribution in [-0.2, 0) is 23.4 Å². The molecule has 0 amide bonds. The Hall–Kier alpha value is -1.58. The molecular formula is C34H54O6Si. The monoisotopic (exact) mass is 586 g/mol. The van der Waals surface area contributed by atoms with Gasteiger partial charge in [0.1, 0.15) is 24.4 Å². The minimum Gasteiger partial charge on any atom is -0.405 e. The fourth-order valence-corrected chi connectivity index (χ4v) is 10.2. The fraction of sp³-hybridized carbons (Fsp3) is 0.647. The Balaban J connectivity index is 1.98. The van der Waals surface area contributed by atoms with E-state index in [1.54, 1.807) is 0 Å². The number of ether oxygens (including phenoxy) is 4. The first-order valence-electron chi connectivity index (χ1n) is 15.7. The van der Waals surface area contributed by atoms with Gasteiger partial charge in [-0.3, -0.25) is 0 Å². The molecule has 1 aliphatic heterocycles. The van der Waals surface area contributed by atoms with Crippen LogP contribution in [-0.4, -0.2) is 70.6 Å². The molecule has 0 aliphatic carbocycles. The van der Waals surface area contributed by atoms with Gasteiger partial charge < -0.3 is 28.5 Å². The second-order valence-corrected chi connectivity index (χ2v) is 16.4. The molecule has 1 saturated heterocycles. The highest BCUT2D eigenvalue weighted by Crippen LogP contribution is 2.38. The Kier molecular flexibility index (Phi) is 14.0. The topological polar surface area (TPSA) is 66.4 Å². The number of unbranched alkanes of at least 4 members (excludes halogenated alkanes) is 3. The van der Waals surface area contributed by atoms with E-state index in [1.165, 1.54) is 10.4 Å². The van der Waals surface area contributed by atoms with Crippen molar-refractivity contribution in [1.29, 1.82) is 0 Å². The Morgan fingerprint density at radius 3 is 1.56 bits per heavy atom. The van der Waals surface area contributed by atoms with Crippen molar-refractivity contribution in [1.82, 2.24) is 0 Å². The molecule has 0 radical (unpaired) electrons. The molecule has 1 fully saturated rings. The summed E-state index contributed by atoms with van der Waals surface area (Å²) in [5, 5.41) is 13.5. The lowest BCUT2D eigenvalue weighted by Crippen LogP contribution is -2.68. The highest BCUT2D eigenvalue weighted by molar-refractivity contribution is 6.99. The lowest BCUT2D eigenvalue weighted by molar-refractivity contribution is -0.309. The molecule has 230 valence electrons. The molecule has 0 aromatic heterocycles. The zero-order valence-corrected chi connectivity index (χ0v) is 27.2. The predicted octanol–water partition coefficient (Wildman–Crippen LogP) is 5.84. The maximum atomic E-state index is 11.3. The Bertz CT molecular complexity index is 927. The van der Waals surface area contributed by atoms with Crippen LogP contribution < -0.4 is 10.4 Å². The van der Waals surface area contributed by atoms with Gasteiger partial charge in [0.15, 0.2) is 6.29 Å². The van der Waals surface area contributed by atoms with Crippen LogP contribution >= 0.6 is 0 Å². The molecule has 0 bridgehead atoms. The van der Waals surface area contributed by atoms with Gasteiger partial charge in [0.05, 0.1) is 6.61 Å². The van der Waals surface area contributed by atoms with Gasteiger partial charge in [-0.15, -0.1) is 0 Å². The maximum absolute atomic E-state index is 11.3. The first-order valence-corrected chi connectivity index (χ1v) is 17.6. The van der Waals surface area contributed by atoms with Crippen LogP contribution in [0.1, 0.15) is 80.1 Å². The van der Waals surface area contributed by atoms with Crippen molar-refractivity contribution in [3.63, 3.8) is 0 Å². The van der Waals surface area contributed by atoms with Crippen LogP contribution in [0, 0.1) is 0 Å². The van der Waals surface area contributed by atoms with Gasteiger partial charge in [0.25, 0.3) is 8.32 Å². The van der Waals surface area contributed by atoms with Gasteiger partial charge in [0.2, 0.25) is 0 Å². The molecule has 1 heterocycles. The summed E-state index contributed by atoms with van der Waals surface area (Å²) in [6, 6.07) is 21.2. The molecule has 0 spiro atoms. The fourth-order valence-electron chi connectivity index (χ4n) is 5.66. The lowest BCUT2D eigenvalue weighted by Gasteiger charge is -2.47. The largest absolute Gasteiger partial charge is 0.405 e. The normalized spacial score (nSPS) is 23.5. The van der Waals surface area contributed by atoms with Gasteiger partial charge in [-0.2, -0.15) is 0 Å². The Labute approximate surface area is 249 Å². The van der Waals surface area contributed by atoms with Crippen molar-refractivity contribution in [2.75, 3.05) is 26.4 Å². The standard InChI is InChI=1S/C34H54O6Si/c1-7-10-23-36-30-29(40-33(35)32(38-25-12-9-3)31(30)37-24-11-8-2)26-39-41(34(4,5)6,27-19-15-13-16-20-27)28-21-17-14-18-22-28/h13-22,29-33,35H,7-12,23-26H2,1-6H3/t29?,30-,31-,32+,33-/m0/s1. The van der Waals surface area contributed by atoms with E-state index in [1.807, 2.05) is 12.1 Å². The summed E-state index contributed by atoms with van der Waals surface area (Å²) in [5.41, 5.74) is 0. The molecule has 7 heteroatoms. The first-order chi connectivity index (χ1) is 19.8. The molecule has 2 aromatic rings. The minimum absolute atomic E-state index is 0.176. The second kappa shape index (κ2) is 16.9. The molecule has 3 rings (SSSR count). The summed E-state index contributed by atoms with van der Waals surface area (Å²) in [6.45, 7) is 15.2. The van der Waals surface area contributed by atoms with Gasteiger partial charge >= 0.3 is 0 Å². The molecular weight excluding hydrogens is 532 g/mol. The number of hydrogen-bond donors (Lipinski definition) is 1. The van der Waals surface area contributed by atoms with E-state index in [2.05, 4.69) is 90.1 Å². The quantitative estimate of drug-likeness (QED) is 0.186. The third-order valence-corrected chi connectivity index (χ3v) is 12.9. The molecule has 5 atom stereocenters. The van der Waals surface area contributed by atoms with Crippen molar-refractivity contribution in [3.8, 4) is 0 Å². The number of aliphatic hydroxyl groups excluding tert-OH is 1. The predicted molar refractivity (Wildman–Crippen MR) is 168 cm³/mol. The molecule has 6 nitrogen and oxygen atoms in total. The van der Waals surface area contributed by atoms with Crippen molar-refractivity contribution in [3.05, 3.63) is 60.7 Å². The smallest absolute Gasteiger partial charge is 0.261 e. The summed E-state index contributed by atoms with van der Waals surface area (Å²) in [7, 11) is -2.81. The third kappa shape index (κ3) is 8.72. The van der Waals surface area contributed by atoms with E-state index in [4.69, 9.17) is 23.4 Å². The van der Waals surface area contributed by atoms with E-state index in [-0.39, 0.29) is 11.6 Å². The van der Waals surface area contributed by atoms with E-state index in [9.17, 15) is 5.11 Å². The first kappa shape index (κ1) is 33.9. The Morgan fingerprint density at radius 2 is 1.12 bits per heavy atom. The van der Waals surface area contributed by atoms with Crippen LogP contribution in [0.2, 0.25) is 5.04 Å². The van der Waals surface area contributed by atoms with E-state index < -0.39 is 39.0 Å². The zero-order valence-electron chi connectivity index (χ0n) is 26.2. The molecule has 1 N–H and O–H groups in total. The van der Waals surface area contributed by atoms with Crippen LogP contribution in [0.25, 0.3) is 0 Å². The van der Waals surface area contributed by atoms with Crippen LogP contribution in [0.4, 0.5) is 0 Å². The van der Waals surface area contributed by atoms with E-state index in [0.29, 0.717) is 19.8 Å². The summed E-state index contributed by atoms with van der Waals surface area (Å²) >= 11 is 0. The van der Waals surface area contributed by atoms with Gasteiger partial charge in [-0.25, -0.2) is 0 Å². The van der Waals surface area contributed by atoms with Crippen LogP contribution in [0.15, 0.2) is 60.7 Å². The summed E-state index contributed by atoms with van der Waals surface area (Å²) in [5.74, 6) is 0. The molecule has 1 unspecified atom stereocenters. The van der Waals surface area contributed by atoms with Gasteiger partial charge in [0, 0.05) is 19.8 Å². The molecule has 2 aromatic carbocycles. The summed E-state index contributed by atoms with van der Waals surface area (Å²) in [6.07, 6.45) is 2.70. The van der Waals surface area contributed by atoms with Crippen molar-refractivity contribution < 1.29 is 28.5 Å². The van der Waals surface area contributed by atoms with Gasteiger partial charge in [-0.05, 0) is 34.7 Å². The zero-order chi connectivity index (χ0) is 29.7. The van der Waals surface area contributed by atoms with Crippen molar-refractivity contribution in [2.45, 2.75) is 116 Å². The second-order valence-electron chi connectivity index (χ2n) is 12.1. The highest BCUT2D eigenvalue weighted by Gasteiger charge is 2.53. The van der Waals surface area contributed by atoms with Crippen molar-refractivity contribution >= 4 is 18.7 Å². The SMILES string of the molecule is CCCCO[C@@H]1[C@@H](OCCCC)[C@@H](OCCCC)C(CO[Si](c2ccccc2)(c2ccccc2)C(C)(C)C)O[C@@H]1O. The third-order valence-electron chi connectivity index (χ3n) is 7.91. The van der Waals surface area contributed by atoms with Crippen molar-refractivity contribution in [2.24, 2.45) is 0 Å². The maximum Gasteiger partial charge on any atom is 0.261 e. The van der Waals surface area contributed by atoms with Gasteiger partial charge in [-0.1, -0.05) is 121 Å². The molecule has 1 aliphatic rings. The summed E-state index contributed by atoms with van der Waals surface area (Å²) < 4.78 is 32.7.